The Balaban J connectivity index is 1.41. The second-order valence-corrected chi connectivity index (χ2v) is 10.9. The van der Waals surface area contributed by atoms with Gasteiger partial charge in [-0.3, -0.25) is 9.59 Å². The van der Waals surface area contributed by atoms with Crippen molar-refractivity contribution in [1.29, 1.82) is 0 Å². The molecule has 1 aromatic rings. The fraction of sp³-hybridized carbons (Fsp3) is 0.636. The molecule has 1 spiro atoms. The number of benzene rings is 1. The molecular weight excluding hydrogens is 416 g/mol. The summed E-state index contributed by atoms with van der Waals surface area (Å²) in [5.41, 5.74) is -0.450. The Morgan fingerprint density at radius 1 is 1.06 bits per heavy atom. The van der Waals surface area contributed by atoms with Gasteiger partial charge in [0.15, 0.2) is 0 Å². The number of hydrogen-bond donors (Lipinski definition) is 2. The third-order valence-corrected chi connectivity index (χ3v) is 8.87. The average molecular weight is 449 g/mol. The summed E-state index contributed by atoms with van der Waals surface area (Å²) in [6.07, 6.45) is 4.71. The quantitative estimate of drug-likeness (QED) is 0.643. The van der Waals surface area contributed by atoms with E-state index in [1.165, 1.54) is 30.6 Å². The van der Waals surface area contributed by atoms with E-state index >= 15 is 0 Å². The Morgan fingerprint density at radius 2 is 1.77 bits per heavy atom. The molecule has 0 unspecified atom stereocenters. The molecule has 2 amide bonds. The number of rotatable bonds is 7. The van der Waals surface area contributed by atoms with E-state index < -0.39 is 21.5 Å². The zero-order chi connectivity index (χ0) is 22.1. The maximum Gasteiger partial charge on any atom is 0.243 e. The first-order valence-electron chi connectivity index (χ1n) is 11.2. The number of likely N-dealkylation sites (N-methyl/N-ethyl adjacent to an activating group) is 1. The highest BCUT2D eigenvalue weighted by Crippen LogP contribution is 2.60. The first-order valence-corrected chi connectivity index (χ1v) is 12.6. The van der Waals surface area contributed by atoms with Crippen LogP contribution in [0, 0.1) is 11.3 Å². The molecule has 3 aliphatic rings. The minimum Gasteiger partial charge on any atom is -0.358 e. The van der Waals surface area contributed by atoms with Crippen molar-refractivity contribution in [2.45, 2.75) is 43.0 Å². The molecular formula is C22H32N4O4S. The third-order valence-electron chi connectivity index (χ3n) is 7.00. The topological polar surface area (TPSA) is 98.8 Å². The van der Waals surface area contributed by atoms with Crippen LogP contribution in [0.5, 0.6) is 0 Å². The highest BCUT2D eigenvalue weighted by atomic mass is 32.2. The van der Waals surface area contributed by atoms with Gasteiger partial charge in [0.25, 0.3) is 0 Å². The zero-order valence-corrected chi connectivity index (χ0v) is 18.9. The van der Waals surface area contributed by atoms with Crippen molar-refractivity contribution in [3.63, 3.8) is 0 Å². The maximum atomic E-state index is 13.2. The van der Waals surface area contributed by atoms with E-state index in [0.29, 0.717) is 19.4 Å². The van der Waals surface area contributed by atoms with Crippen LogP contribution in [0.1, 0.15) is 32.1 Å². The minimum absolute atomic E-state index is 0.0216. The van der Waals surface area contributed by atoms with Gasteiger partial charge in [-0.15, -0.1) is 0 Å². The third kappa shape index (κ3) is 4.49. The van der Waals surface area contributed by atoms with E-state index in [4.69, 9.17) is 0 Å². The van der Waals surface area contributed by atoms with Crippen LogP contribution < -0.4 is 10.6 Å². The number of likely N-dealkylation sites (tertiary alicyclic amines) is 1. The van der Waals surface area contributed by atoms with Gasteiger partial charge in [0.05, 0.1) is 4.90 Å². The van der Waals surface area contributed by atoms with Gasteiger partial charge >= 0.3 is 0 Å². The second kappa shape index (κ2) is 8.88. The maximum absolute atomic E-state index is 13.2. The zero-order valence-electron chi connectivity index (χ0n) is 18.0. The molecule has 1 aromatic carbocycles. The van der Waals surface area contributed by atoms with Crippen LogP contribution in [0.3, 0.4) is 0 Å². The lowest BCUT2D eigenvalue weighted by Crippen LogP contribution is -2.44. The Labute approximate surface area is 184 Å². The Hall–Kier alpha value is -1.97. The molecule has 0 radical (unpaired) electrons. The van der Waals surface area contributed by atoms with Gasteiger partial charge in [0.2, 0.25) is 21.8 Å². The van der Waals surface area contributed by atoms with Crippen molar-refractivity contribution in [2.75, 3.05) is 39.8 Å². The molecule has 0 aromatic heterocycles. The van der Waals surface area contributed by atoms with Crippen molar-refractivity contribution in [3.05, 3.63) is 30.3 Å². The summed E-state index contributed by atoms with van der Waals surface area (Å²) in [4.78, 5) is 27.8. The van der Waals surface area contributed by atoms with Crippen molar-refractivity contribution < 1.29 is 18.0 Å². The summed E-state index contributed by atoms with van der Waals surface area (Å²) in [6.45, 7) is 3.83. The second-order valence-electron chi connectivity index (χ2n) is 9.01. The van der Waals surface area contributed by atoms with Crippen LogP contribution in [-0.4, -0.2) is 75.3 Å². The molecule has 4 rings (SSSR count). The molecule has 9 heteroatoms. The van der Waals surface area contributed by atoms with Gasteiger partial charge in [0.1, 0.15) is 6.04 Å². The van der Waals surface area contributed by atoms with Crippen molar-refractivity contribution in [2.24, 2.45) is 11.3 Å². The van der Waals surface area contributed by atoms with Crippen molar-refractivity contribution in [3.8, 4) is 0 Å². The van der Waals surface area contributed by atoms with E-state index in [1.54, 1.807) is 30.3 Å². The number of hydrogen-bond acceptors (Lipinski definition) is 5. The number of carbonyl (C=O) groups is 2. The molecule has 1 saturated carbocycles. The highest BCUT2D eigenvalue weighted by Gasteiger charge is 2.65. The Morgan fingerprint density at radius 3 is 2.45 bits per heavy atom. The SMILES string of the molecule is CNC(=O)[C@@H]1C[C@@]2(C[C@@H]2C(=O)NCCN2CCCCC2)CN1S(=O)(=O)c1ccccc1. The number of piperidine rings is 1. The molecule has 2 N–H and O–H groups in total. The lowest BCUT2D eigenvalue weighted by atomic mass is 9.99. The van der Waals surface area contributed by atoms with Crippen molar-refractivity contribution >= 4 is 21.8 Å². The molecule has 8 nitrogen and oxygen atoms in total. The average Bonchev–Trinajstić information content (AvgIpc) is 3.35. The summed E-state index contributed by atoms with van der Waals surface area (Å²) in [5.74, 6) is -0.587. The first-order chi connectivity index (χ1) is 14.9. The standard InChI is InChI=1S/C22H32N4O4S/c1-23-21(28)19-15-22(16-26(19)31(29,30)17-8-4-2-5-9-17)14-18(22)20(27)24-10-13-25-11-6-3-7-12-25/h2,4-5,8-9,18-19H,3,6-7,10-16H2,1H3,(H,23,28)(H,24,27)/t18-,19+,22+/m1/s1. The minimum atomic E-state index is -3.82. The normalized spacial score (nSPS) is 29.1. The van der Waals surface area contributed by atoms with Gasteiger partial charge in [-0.05, 0) is 56.3 Å². The van der Waals surface area contributed by atoms with Crippen LogP contribution in [0.15, 0.2) is 35.2 Å². The molecule has 2 aliphatic heterocycles. The largest absolute Gasteiger partial charge is 0.358 e. The van der Waals surface area contributed by atoms with Gasteiger partial charge < -0.3 is 15.5 Å². The Bertz CT molecular complexity index is 917. The summed E-state index contributed by atoms with van der Waals surface area (Å²) < 4.78 is 27.8. The summed E-state index contributed by atoms with van der Waals surface area (Å²) in [5, 5.41) is 5.63. The fourth-order valence-electron chi connectivity index (χ4n) is 5.10. The fourth-order valence-corrected chi connectivity index (χ4v) is 6.81. The predicted molar refractivity (Wildman–Crippen MR) is 117 cm³/mol. The number of nitrogens with zero attached hydrogens (tertiary/aromatic N) is 2. The van der Waals surface area contributed by atoms with Crippen LogP contribution in [0.2, 0.25) is 0 Å². The smallest absolute Gasteiger partial charge is 0.243 e. The van der Waals surface area contributed by atoms with Crippen LogP contribution in [0.25, 0.3) is 0 Å². The van der Waals surface area contributed by atoms with E-state index in [1.807, 2.05) is 0 Å². The molecule has 3 atom stereocenters. The van der Waals surface area contributed by atoms with E-state index in [-0.39, 0.29) is 29.2 Å². The van der Waals surface area contributed by atoms with Crippen molar-refractivity contribution in [1.82, 2.24) is 19.8 Å². The summed E-state index contributed by atoms with van der Waals surface area (Å²) in [6, 6.07) is 7.39. The molecule has 170 valence electrons. The molecule has 3 fully saturated rings. The van der Waals surface area contributed by atoms with Gasteiger partial charge in [-0.1, -0.05) is 24.6 Å². The Kier molecular flexibility index (Phi) is 6.37. The van der Waals surface area contributed by atoms with Crippen LogP contribution in [-0.2, 0) is 19.6 Å². The molecule has 0 bridgehead atoms. The predicted octanol–water partition coefficient (Wildman–Crippen LogP) is 0.804. The number of nitrogens with one attached hydrogen (secondary N) is 2. The summed E-state index contributed by atoms with van der Waals surface area (Å²) in [7, 11) is -2.31. The molecule has 2 heterocycles. The molecule has 31 heavy (non-hydrogen) atoms. The van der Waals surface area contributed by atoms with E-state index in [0.717, 1.165) is 19.6 Å². The summed E-state index contributed by atoms with van der Waals surface area (Å²) >= 11 is 0. The molecule has 1 aliphatic carbocycles. The van der Waals surface area contributed by atoms with E-state index in [2.05, 4.69) is 15.5 Å². The lowest BCUT2D eigenvalue weighted by molar-refractivity contribution is -0.124. The van der Waals surface area contributed by atoms with Crippen LogP contribution in [0.4, 0.5) is 0 Å². The van der Waals surface area contributed by atoms with Gasteiger partial charge in [-0.25, -0.2) is 8.42 Å². The van der Waals surface area contributed by atoms with Crippen LogP contribution >= 0.6 is 0 Å². The lowest BCUT2D eigenvalue weighted by Gasteiger charge is -2.26. The van der Waals surface area contributed by atoms with Gasteiger partial charge in [0, 0.05) is 32.6 Å². The van der Waals surface area contributed by atoms with Gasteiger partial charge in [-0.2, -0.15) is 4.31 Å². The van der Waals surface area contributed by atoms with E-state index in [9.17, 15) is 18.0 Å². The number of carbonyl (C=O) groups excluding carboxylic acids is 2. The molecule has 2 saturated heterocycles. The monoisotopic (exact) mass is 448 g/mol. The highest BCUT2D eigenvalue weighted by molar-refractivity contribution is 7.89. The first kappa shape index (κ1) is 22.2. The number of amides is 2. The number of sulfonamides is 1.